The van der Waals surface area contributed by atoms with Crippen LogP contribution in [0.1, 0.15) is 37.8 Å². The molecule has 0 radical (unpaired) electrons. The largest absolute Gasteiger partial charge is 0.382 e. The third kappa shape index (κ3) is 6.39. The quantitative estimate of drug-likeness (QED) is 0.350. The Kier molecular flexibility index (Phi) is 8.06. The van der Waals surface area contributed by atoms with Gasteiger partial charge < -0.3 is 24.5 Å². The lowest BCUT2D eigenvalue weighted by atomic mass is 10.1. The molecule has 5 nitrogen and oxygen atoms in total. The monoisotopic (exact) mass is 446 g/mol. The van der Waals surface area contributed by atoms with E-state index in [4.69, 9.17) is 14.2 Å². The molecule has 2 heterocycles. The topological polar surface area (TPSA) is 55.5 Å². The summed E-state index contributed by atoms with van der Waals surface area (Å²) in [6.45, 7) is 7.57. The van der Waals surface area contributed by atoms with Gasteiger partial charge in [0.15, 0.2) is 0 Å². The molecule has 3 aromatic rings. The van der Waals surface area contributed by atoms with Crippen LogP contribution in [0.4, 0.5) is 5.69 Å². The van der Waals surface area contributed by atoms with Crippen LogP contribution in [0.3, 0.4) is 0 Å². The number of benzene rings is 2. The molecule has 2 aromatic carbocycles. The first kappa shape index (κ1) is 23.4. The van der Waals surface area contributed by atoms with Crippen molar-refractivity contribution in [1.82, 2.24) is 4.98 Å². The summed E-state index contributed by atoms with van der Waals surface area (Å²) in [5, 5.41) is 4.93. The Hall–Kier alpha value is -2.78. The fourth-order valence-electron chi connectivity index (χ4n) is 4.01. The molecule has 0 amide bonds. The van der Waals surface area contributed by atoms with Gasteiger partial charge in [-0.15, -0.1) is 0 Å². The van der Waals surface area contributed by atoms with Crippen LogP contribution < -0.4 is 5.32 Å². The summed E-state index contributed by atoms with van der Waals surface area (Å²) < 4.78 is 16.4. The van der Waals surface area contributed by atoms with Gasteiger partial charge >= 0.3 is 0 Å². The standard InChI is InChI=1S/C28H34N2O3/c1-20(2)4-5-21-6-8-23(9-7-21)26-18-24-16-22(19-33-15-14-31-3)17-27(28(24)30-26)29-25-10-12-32-13-11-25/h6-9,16-18,20,25,29-30H,10-15,19H2,1-3H3. The second-order valence-electron chi connectivity index (χ2n) is 8.87. The maximum Gasteiger partial charge on any atom is 0.0719 e. The SMILES string of the molecule is COCCOCc1cc(NC2CCOCC2)c2[nH]c(-c3ccc(C#CC(C)C)cc3)cc2c1. The second-order valence-corrected chi connectivity index (χ2v) is 8.87. The highest BCUT2D eigenvalue weighted by Gasteiger charge is 2.16. The highest BCUT2D eigenvalue weighted by atomic mass is 16.5. The zero-order valence-corrected chi connectivity index (χ0v) is 19.9. The first-order valence-electron chi connectivity index (χ1n) is 11.8. The lowest BCUT2D eigenvalue weighted by Gasteiger charge is -2.24. The van der Waals surface area contributed by atoms with Crippen molar-refractivity contribution >= 4 is 16.6 Å². The molecule has 0 aliphatic carbocycles. The van der Waals surface area contributed by atoms with Crippen LogP contribution in [0.15, 0.2) is 42.5 Å². The van der Waals surface area contributed by atoms with Gasteiger partial charge in [0.2, 0.25) is 0 Å². The van der Waals surface area contributed by atoms with Crippen LogP contribution >= 0.6 is 0 Å². The molecule has 0 atom stereocenters. The predicted molar refractivity (Wildman–Crippen MR) is 134 cm³/mol. The van der Waals surface area contributed by atoms with Crippen molar-refractivity contribution in [3.8, 4) is 23.1 Å². The highest BCUT2D eigenvalue weighted by Crippen LogP contribution is 2.32. The van der Waals surface area contributed by atoms with Crippen LogP contribution in [0.5, 0.6) is 0 Å². The lowest BCUT2D eigenvalue weighted by Crippen LogP contribution is -2.28. The highest BCUT2D eigenvalue weighted by molar-refractivity contribution is 5.95. The molecule has 174 valence electrons. The van der Waals surface area contributed by atoms with Gasteiger partial charge in [0, 0.05) is 48.9 Å². The molecule has 5 heteroatoms. The molecule has 1 fully saturated rings. The summed E-state index contributed by atoms with van der Waals surface area (Å²) >= 11 is 0. The number of aromatic nitrogens is 1. The van der Waals surface area contributed by atoms with Crippen molar-refractivity contribution in [2.75, 3.05) is 38.9 Å². The van der Waals surface area contributed by atoms with E-state index in [0.29, 0.717) is 31.8 Å². The molecular weight excluding hydrogens is 412 g/mol. The van der Waals surface area contributed by atoms with Gasteiger partial charge in [-0.2, -0.15) is 0 Å². The second kappa shape index (κ2) is 11.4. The average Bonchev–Trinajstić information content (AvgIpc) is 3.26. The number of hydrogen-bond acceptors (Lipinski definition) is 4. The lowest BCUT2D eigenvalue weighted by molar-refractivity contribution is 0.0617. The first-order chi connectivity index (χ1) is 16.1. The molecule has 0 unspecified atom stereocenters. The van der Waals surface area contributed by atoms with Crippen LogP contribution in [0, 0.1) is 17.8 Å². The van der Waals surface area contributed by atoms with Gasteiger partial charge in [-0.25, -0.2) is 0 Å². The minimum Gasteiger partial charge on any atom is -0.382 e. The van der Waals surface area contributed by atoms with Crippen molar-refractivity contribution in [3.05, 3.63) is 53.6 Å². The van der Waals surface area contributed by atoms with Gasteiger partial charge in [0.05, 0.1) is 31.0 Å². The Morgan fingerprint density at radius 1 is 1.09 bits per heavy atom. The van der Waals surface area contributed by atoms with Gasteiger partial charge in [0.1, 0.15) is 0 Å². The summed E-state index contributed by atoms with van der Waals surface area (Å²) in [4.78, 5) is 3.65. The molecule has 2 N–H and O–H groups in total. The molecule has 0 saturated carbocycles. The number of anilines is 1. The van der Waals surface area contributed by atoms with E-state index in [1.807, 2.05) is 0 Å². The van der Waals surface area contributed by atoms with E-state index < -0.39 is 0 Å². The zero-order chi connectivity index (χ0) is 23.0. The molecule has 1 aliphatic heterocycles. The summed E-state index contributed by atoms with van der Waals surface area (Å²) in [6.07, 6.45) is 2.03. The minimum absolute atomic E-state index is 0.368. The molecule has 1 aromatic heterocycles. The molecule has 1 aliphatic rings. The number of hydrogen-bond donors (Lipinski definition) is 2. The summed E-state index contributed by atoms with van der Waals surface area (Å²) in [5.41, 5.74) is 6.69. The Morgan fingerprint density at radius 2 is 1.88 bits per heavy atom. The van der Waals surface area contributed by atoms with E-state index in [2.05, 4.69) is 78.5 Å². The van der Waals surface area contributed by atoms with Crippen molar-refractivity contribution in [2.45, 2.75) is 39.3 Å². The maximum absolute atomic E-state index is 5.80. The van der Waals surface area contributed by atoms with Crippen LogP contribution in [-0.2, 0) is 20.8 Å². The number of nitrogens with one attached hydrogen (secondary N) is 2. The number of ether oxygens (including phenoxy) is 3. The van der Waals surface area contributed by atoms with Crippen LogP contribution in [0.2, 0.25) is 0 Å². The number of aromatic amines is 1. The Morgan fingerprint density at radius 3 is 2.61 bits per heavy atom. The molecule has 4 rings (SSSR count). The van der Waals surface area contributed by atoms with Crippen LogP contribution in [0.25, 0.3) is 22.2 Å². The summed E-state index contributed by atoms with van der Waals surface area (Å²) in [5.74, 6) is 6.83. The average molecular weight is 447 g/mol. The van der Waals surface area contributed by atoms with E-state index in [1.54, 1.807) is 7.11 Å². The molecule has 0 spiro atoms. The van der Waals surface area contributed by atoms with Gasteiger partial charge in [0.25, 0.3) is 0 Å². The van der Waals surface area contributed by atoms with E-state index in [1.165, 1.54) is 5.39 Å². The normalized spacial score (nSPS) is 14.4. The smallest absolute Gasteiger partial charge is 0.0719 e. The van der Waals surface area contributed by atoms with Gasteiger partial charge in [-0.3, -0.25) is 0 Å². The molecule has 33 heavy (non-hydrogen) atoms. The minimum atomic E-state index is 0.368. The predicted octanol–water partition coefficient (Wildman–Crippen LogP) is 5.60. The first-order valence-corrected chi connectivity index (χ1v) is 11.8. The number of fused-ring (bicyclic) bond motifs is 1. The molecule has 0 bridgehead atoms. The third-order valence-electron chi connectivity index (χ3n) is 5.77. The number of methoxy groups -OCH3 is 1. The summed E-state index contributed by atoms with van der Waals surface area (Å²) in [6, 6.07) is 15.5. The van der Waals surface area contributed by atoms with Crippen molar-refractivity contribution in [3.63, 3.8) is 0 Å². The van der Waals surface area contributed by atoms with Gasteiger partial charge in [-0.05, 0) is 54.3 Å². The van der Waals surface area contributed by atoms with E-state index in [9.17, 15) is 0 Å². The van der Waals surface area contributed by atoms with E-state index in [0.717, 1.165) is 59.6 Å². The van der Waals surface area contributed by atoms with Crippen molar-refractivity contribution in [2.24, 2.45) is 5.92 Å². The van der Waals surface area contributed by atoms with E-state index in [-0.39, 0.29) is 0 Å². The zero-order valence-electron chi connectivity index (χ0n) is 19.9. The fraction of sp³-hybridized carbons (Fsp3) is 0.429. The Balaban J connectivity index is 1.62. The third-order valence-corrected chi connectivity index (χ3v) is 5.77. The van der Waals surface area contributed by atoms with Crippen molar-refractivity contribution < 1.29 is 14.2 Å². The Bertz CT molecular complexity index is 1100. The van der Waals surface area contributed by atoms with Gasteiger partial charge in [-0.1, -0.05) is 37.8 Å². The van der Waals surface area contributed by atoms with Crippen LogP contribution in [-0.4, -0.2) is 44.6 Å². The molecular formula is C28H34N2O3. The maximum atomic E-state index is 5.80. The fourth-order valence-corrected chi connectivity index (χ4v) is 4.01. The number of H-pyrrole nitrogens is 1. The van der Waals surface area contributed by atoms with Crippen molar-refractivity contribution in [1.29, 1.82) is 0 Å². The number of rotatable bonds is 8. The Labute approximate surface area is 196 Å². The summed E-state index contributed by atoms with van der Waals surface area (Å²) in [7, 11) is 1.69. The van der Waals surface area contributed by atoms with E-state index >= 15 is 0 Å². The molecule has 1 saturated heterocycles.